The van der Waals surface area contributed by atoms with Crippen LogP contribution in [0.3, 0.4) is 0 Å². The van der Waals surface area contributed by atoms with Gasteiger partial charge in [0.25, 0.3) is 0 Å². The molecule has 4 heteroatoms. The first-order chi connectivity index (χ1) is 23.1. The van der Waals surface area contributed by atoms with E-state index >= 15 is 0 Å². The van der Waals surface area contributed by atoms with E-state index in [2.05, 4.69) is 86.0 Å². The molecule has 47 heavy (non-hydrogen) atoms. The van der Waals surface area contributed by atoms with Gasteiger partial charge in [-0.15, -0.1) is 0 Å². The van der Waals surface area contributed by atoms with Crippen LogP contribution in [0.4, 0.5) is 0 Å². The maximum absolute atomic E-state index is 6.22. The number of allylic oxidation sites excluding steroid dienone is 1. The lowest BCUT2D eigenvalue weighted by atomic mass is 9.53. The van der Waals surface area contributed by atoms with E-state index in [1.807, 2.05) is 0 Å². The SMILES string of the molecule is CCN(CC)CCCCCCOc1ccc(C(=C2C3C[C@H]4CC2C[C@@H](C3)C4)c2ccc(OCCCCCCN(CC)CC)cc2)cc1. The van der Waals surface area contributed by atoms with Gasteiger partial charge in [0, 0.05) is 0 Å². The molecule has 0 heterocycles. The standard InChI is InChI=1S/C43H66N2O2/c1-5-44(6-2)25-13-9-11-15-27-46-40-21-17-36(18-22-40)42(43-38-30-34-29-35(32-38)33-39(43)31-34)37-19-23-41(24-20-37)47-28-16-12-10-14-26-45(7-3)8-4/h17-24,34-35,38-39H,5-16,25-33H2,1-4H3/t34-,35+,38?,39?. The van der Waals surface area contributed by atoms with Crippen LogP contribution in [0.1, 0.15) is 122 Å². The third-order valence-electron chi connectivity index (χ3n) is 11.7. The summed E-state index contributed by atoms with van der Waals surface area (Å²) in [5.74, 6) is 5.45. The molecule has 260 valence electrons. The van der Waals surface area contributed by atoms with Crippen molar-refractivity contribution in [3.8, 4) is 11.5 Å². The third-order valence-corrected chi connectivity index (χ3v) is 11.7. The maximum Gasteiger partial charge on any atom is 0.119 e. The lowest BCUT2D eigenvalue weighted by molar-refractivity contribution is 0.0705. The maximum atomic E-state index is 6.22. The Morgan fingerprint density at radius 2 is 0.894 bits per heavy atom. The number of benzene rings is 2. The zero-order valence-corrected chi connectivity index (χ0v) is 30.5. The summed E-state index contributed by atoms with van der Waals surface area (Å²) in [4.78, 5) is 5.04. The van der Waals surface area contributed by atoms with Crippen molar-refractivity contribution < 1.29 is 9.47 Å². The van der Waals surface area contributed by atoms with E-state index in [4.69, 9.17) is 9.47 Å². The Bertz CT molecular complexity index is 1090. The summed E-state index contributed by atoms with van der Waals surface area (Å²) in [6.07, 6.45) is 17.0. The van der Waals surface area contributed by atoms with Crippen LogP contribution in [0.5, 0.6) is 11.5 Å². The first-order valence-corrected chi connectivity index (χ1v) is 19.8. The van der Waals surface area contributed by atoms with E-state index in [0.717, 1.165) is 87.4 Å². The van der Waals surface area contributed by atoms with Gasteiger partial charge < -0.3 is 19.3 Å². The second kappa shape index (κ2) is 19.0. The lowest BCUT2D eigenvalue weighted by Gasteiger charge is -2.52. The molecule has 4 nitrogen and oxygen atoms in total. The van der Waals surface area contributed by atoms with Gasteiger partial charge in [-0.05, 0) is 162 Å². The summed E-state index contributed by atoms with van der Waals surface area (Å²) in [6, 6.07) is 18.2. The molecule has 0 atom stereocenters. The van der Waals surface area contributed by atoms with Crippen LogP contribution in [0.2, 0.25) is 0 Å². The van der Waals surface area contributed by atoms with Gasteiger partial charge in [-0.2, -0.15) is 0 Å². The smallest absolute Gasteiger partial charge is 0.119 e. The van der Waals surface area contributed by atoms with E-state index in [1.54, 1.807) is 5.57 Å². The summed E-state index contributed by atoms with van der Waals surface area (Å²) in [5.41, 5.74) is 5.97. The Hall–Kier alpha value is -2.30. The molecule has 0 unspecified atom stereocenters. The van der Waals surface area contributed by atoms with E-state index in [-0.39, 0.29) is 0 Å². The summed E-state index contributed by atoms with van der Waals surface area (Å²) >= 11 is 0. The fourth-order valence-electron chi connectivity index (χ4n) is 9.08. The van der Waals surface area contributed by atoms with Crippen molar-refractivity contribution in [3.05, 3.63) is 65.2 Å². The largest absolute Gasteiger partial charge is 0.494 e. The zero-order chi connectivity index (χ0) is 32.8. The predicted molar refractivity (Wildman–Crippen MR) is 199 cm³/mol. The summed E-state index contributed by atoms with van der Waals surface area (Å²) in [5, 5.41) is 0. The predicted octanol–water partition coefficient (Wildman–Crippen LogP) is 10.5. The average Bonchev–Trinajstić information content (AvgIpc) is 3.09. The molecule has 0 aliphatic heterocycles. The van der Waals surface area contributed by atoms with Crippen LogP contribution >= 0.6 is 0 Å². The second-order valence-corrected chi connectivity index (χ2v) is 14.8. The molecule has 2 aromatic rings. The fourth-order valence-corrected chi connectivity index (χ4v) is 9.08. The Labute approximate surface area is 288 Å². The minimum Gasteiger partial charge on any atom is -0.494 e. The molecule has 0 spiro atoms. The number of nitrogens with zero attached hydrogens (tertiary/aromatic N) is 2. The van der Waals surface area contributed by atoms with Gasteiger partial charge >= 0.3 is 0 Å². The van der Waals surface area contributed by atoms with Crippen LogP contribution in [-0.2, 0) is 0 Å². The molecular formula is C43H66N2O2. The highest BCUT2D eigenvalue weighted by Crippen LogP contribution is 2.58. The number of ether oxygens (including phenoxy) is 2. The third kappa shape index (κ3) is 10.3. The van der Waals surface area contributed by atoms with Gasteiger partial charge in [0.1, 0.15) is 11.5 Å². The highest BCUT2D eigenvalue weighted by Gasteiger charge is 2.46. The topological polar surface area (TPSA) is 24.9 Å². The lowest BCUT2D eigenvalue weighted by Crippen LogP contribution is -2.40. The van der Waals surface area contributed by atoms with Crippen molar-refractivity contribution in [2.24, 2.45) is 23.7 Å². The molecule has 2 aromatic carbocycles. The van der Waals surface area contributed by atoms with Gasteiger partial charge in [0.05, 0.1) is 13.2 Å². The van der Waals surface area contributed by atoms with Gasteiger partial charge in [0.2, 0.25) is 0 Å². The Morgan fingerprint density at radius 1 is 0.511 bits per heavy atom. The molecular weight excluding hydrogens is 576 g/mol. The summed E-state index contributed by atoms with van der Waals surface area (Å²) < 4.78 is 12.4. The molecule has 0 N–H and O–H groups in total. The Kier molecular flexibility index (Phi) is 14.6. The first-order valence-electron chi connectivity index (χ1n) is 19.8. The molecule has 0 saturated heterocycles. The molecule has 4 aliphatic rings. The molecule has 4 saturated carbocycles. The van der Waals surface area contributed by atoms with Crippen LogP contribution in [-0.4, -0.2) is 62.3 Å². The number of unbranched alkanes of at least 4 members (excludes halogenated alkanes) is 6. The number of hydrogen-bond donors (Lipinski definition) is 0. The van der Waals surface area contributed by atoms with E-state index in [0.29, 0.717) is 0 Å². The van der Waals surface area contributed by atoms with Crippen molar-refractivity contribution in [3.63, 3.8) is 0 Å². The van der Waals surface area contributed by atoms with Crippen LogP contribution < -0.4 is 9.47 Å². The Morgan fingerprint density at radius 3 is 1.28 bits per heavy atom. The van der Waals surface area contributed by atoms with Crippen LogP contribution in [0, 0.1) is 23.7 Å². The van der Waals surface area contributed by atoms with Gasteiger partial charge in [0.15, 0.2) is 0 Å². The van der Waals surface area contributed by atoms with Gasteiger partial charge in [-0.25, -0.2) is 0 Å². The molecule has 4 aliphatic carbocycles. The van der Waals surface area contributed by atoms with Crippen LogP contribution in [0.25, 0.3) is 5.57 Å². The minimum absolute atomic E-state index is 0.761. The molecule has 0 amide bonds. The first kappa shape index (κ1) is 36.0. The van der Waals surface area contributed by atoms with Crippen molar-refractivity contribution >= 4 is 5.57 Å². The van der Waals surface area contributed by atoms with Crippen molar-refractivity contribution in [2.75, 3.05) is 52.5 Å². The van der Waals surface area contributed by atoms with E-state index in [1.165, 1.54) is 100 Å². The molecule has 4 bridgehead atoms. The van der Waals surface area contributed by atoms with Crippen molar-refractivity contribution in [1.82, 2.24) is 9.80 Å². The van der Waals surface area contributed by atoms with Gasteiger partial charge in [-0.3, -0.25) is 0 Å². The fraction of sp³-hybridized carbons (Fsp3) is 0.674. The molecule has 6 rings (SSSR count). The second-order valence-electron chi connectivity index (χ2n) is 14.8. The monoisotopic (exact) mass is 643 g/mol. The number of hydrogen-bond acceptors (Lipinski definition) is 4. The van der Waals surface area contributed by atoms with Crippen molar-refractivity contribution in [1.29, 1.82) is 0 Å². The van der Waals surface area contributed by atoms with E-state index in [9.17, 15) is 0 Å². The van der Waals surface area contributed by atoms with Crippen molar-refractivity contribution in [2.45, 2.75) is 111 Å². The summed E-state index contributed by atoms with van der Waals surface area (Å²) in [7, 11) is 0. The normalized spacial score (nSPS) is 21.6. The quantitative estimate of drug-likeness (QED) is 0.119. The highest BCUT2D eigenvalue weighted by molar-refractivity contribution is 5.83. The molecule has 0 radical (unpaired) electrons. The summed E-state index contributed by atoms with van der Waals surface area (Å²) in [6.45, 7) is 17.7. The molecule has 0 aromatic heterocycles. The van der Waals surface area contributed by atoms with E-state index < -0.39 is 0 Å². The highest BCUT2D eigenvalue weighted by atomic mass is 16.5. The average molecular weight is 643 g/mol. The minimum atomic E-state index is 0.761. The molecule has 4 fully saturated rings. The Balaban J connectivity index is 1.17. The van der Waals surface area contributed by atoms with Crippen LogP contribution in [0.15, 0.2) is 54.1 Å². The van der Waals surface area contributed by atoms with Gasteiger partial charge in [-0.1, -0.05) is 83.2 Å². The zero-order valence-electron chi connectivity index (χ0n) is 30.5. The number of rotatable bonds is 22.